The van der Waals surface area contributed by atoms with Gasteiger partial charge in [0.2, 0.25) is 0 Å². The standard InChI is InChI=1S/C13H6Cl4N2/c14-9-4-2-8(11(16)12(9)17)13-10(15)3-1-7(19-13)5-6-18/h1-4H,5H2. The first-order valence-electron chi connectivity index (χ1n) is 5.21. The Labute approximate surface area is 130 Å². The summed E-state index contributed by atoms with van der Waals surface area (Å²) in [7, 11) is 0. The van der Waals surface area contributed by atoms with Gasteiger partial charge in [-0.25, -0.2) is 0 Å². The zero-order valence-electron chi connectivity index (χ0n) is 9.42. The van der Waals surface area contributed by atoms with Gasteiger partial charge in [-0.1, -0.05) is 46.4 Å². The second-order valence-electron chi connectivity index (χ2n) is 3.69. The van der Waals surface area contributed by atoms with E-state index >= 15 is 0 Å². The van der Waals surface area contributed by atoms with E-state index in [1.807, 2.05) is 6.07 Å². The van der Waals surface area contributed by atoms with Gasteiger partial charge in [0, 0.05) is 5.56 Å². The summed E-state index contributed by atoms with van der Waals surface area (Å²) >= 11 is 24.1. The molecule has 0 unspecified atom stereocenters. The Bertz CT molecular complexity index is 677. The van der Waals surface area contributed by atoms with Crippen molar-refractivity contribution in [2.45, 2.75) is 6.42 Å². The molecule has 2 nitrogen and oxygen atoms in total. The van der Waals surface area contributed by atoms with Crippen molar-refractivity contribution in [2.75, 3.05) is 0 Å². The predicted octanol–water partition coefficient (Wildman–Crippen LogP) is 5.43. The average Bonchev–Trinajstić information content (AvgIpc) is 2.39. The molecule has 1 aromatic carbocycles. The fourth-order valence-electron chi connectivity index (χ4n) is 1.56. The molecule has 96 valence electrons. The fraction of sp³-hybridized carbons (Fsp3) is 0.0769. The minimum atomic E-state index is 0.198. The molecule has 19 heavy (non-hydrogen) atoms. The molecule has 0 N–H and O–H groups in total. The largest absolute Gasteiger partial charge is 0.250 e. The topological polar surface area (TPSA) is 36.7 Å². The predicted molar refractivity (Wildman–Crippen MR) is 79.0 cm³/mol. The number of benzene rings is 1. The monoisotopic (exact) mass is 330 g/mol. The zero-order valence-corrected chi connectivity index (χ0v) is 12.4. The highest BCUT2D eigenvalue weighted by Gasteiger charge is 2.14. The van der Waals surface area contributed by atoms with E-state index in [1.54, 1.807) is 24.3 Å². The van der Waals surface area contributed by atoms with E-state index in [0.29, 0.717) is 27.0 Å². The first-order valence-corrected chi connectivity index (χ1v) is 6.72. The van der Waals surface area contributed by atoms with Gasteiger partial charge in [0.15, 0.2) is 0 Å². The number of nitrogens with zero attached hydrogens (tertiary/aromatic N) is 2. The molecule has 2 rings (SSSR count). The van der Waals surface area contributed by atoms with Gasteiger partial charge in [0.1, 0.15) is 0 Å². The molecule has 1 heterocycles. The molecule has 0 aliphatic heterocycles. The number of hydrogen-bond acceptors (Lipinski definition) is 2. The van der Waals surface area contributed by atoms with Gasteiger partial charge in [-0.15, -0.1) is 0 Å². The van der Waals surface area contributed by atoms with E-state index in [2.05, 4.69) is 4.98 Å². The van der Waals surface area contributed by atoms with E-state index < -0.39 is 0 Å². The molecule has 0 fully saturated rings. The number of nitriles is 1. The number of hydrogen-bond donors (Lipinski definition) is 0. The van der Waals surface area contributed by atoms with E-state index in [0.717, 1.165) is 0 Å². The van der Waals surface area contributed by atoms with E-state index in [4.69, 9.17) is 51.7 Å². The molecule has 0 atom stereocenters. The third kappa shape index (κ3) is 2.96. The van der Waals surface area contributed by atoms with Crippen LogP contribution in [0.5, 0.6) is 0 Å². The van der Waals surface area contributed by atoms with Crippen LogP contribution in [0.4, 0.5) is 0 Å². The van der Waals surface area contributed by atoms with Crippen molar-refractivity contribution in [3.05, 3.63) is 50.0 Å². The first-order chi connectivity index (χ1) is 9.04. The van der Waals surface area contributed by atoms with Crippen LogP contribution in [0.3, 0.4) is 0 Å². The van der Waals surface area contributed by atoms with Crippen molar-refractivity contribution in [1.29, 1.82) is 5.26 Å². The highest BCUT2D eigenvalue weighted by Crippen LogP contribution is 2.39. The van der Waals surface area contributed by atoms with Gasteiger partial charge in [-0.05, 0) is 24.3 Å². The number of pyridine rings is 1. The summed E-state index contributed by atoms with van der Waals surface area (Å²) in [6, 6.07) is 8.72. The van der Waals surface area contributed by atoms with Crippen molar-refractivity contribution in [3.63, 3.8) is 0 Å². The molecule has 1 aromatic heterocycles. The van der Waals surface area contributed by atoms with Crippen LogP contribution in [0.2, 0.25) is 20.1 Å². The second-order valence-corrected chi connectivity index (χ2v) is 5.26. The molecule has 0 aliphatic carbocycles. The minimum absolute atomic E-state index is 0.198. The van der Waals surface area contributed by atoms with Crippen molar-refractivity contribution >= 4 is 46.4 Å². The Morgan fingerprint density at radius 1 is 0.947 bits per heavy atom. The molecule has 0 bridgehead atoms. The van der Waals surface area contributed by atoms with Crippen LogP contribution in [-0.2, 0) is 6.42 Å². The first kappa shape index (κ1) is 14.4. The highest BCUT2D eigenvalue weighted by molar-refractivity contribution is 6.49. The van der Waals surface area contributed by atoms with Gasteiger partial charge in [0.05, 0.1) is 44.0 Å². The summed E-state index contributed by atoms with van der Waals surface area (Å²) in [6.45, 7) is 0. The van der Waals surface area contributed by atoms with Gasteiger partial charge in [-0.2, -0.15) is 5.26 Å². The maximum Gasteiger partial charge on any atom is 0.0907 e. The van der Waals surface area contributed by atoms with Crippen LogP contribution in [0, 0.1) is 11.3 Å². The van der Waals surface area contributed by atoms with Gasteiger partial charge < -0.3 is 0 Å². The van der Waals surface area contributed by atoms with E-state index in [9.17, 15) is 0 Å². The molecule has 0 saturated carbocycles. The van der Waals surface area contributed by atoms with Crippen LogP contribution < -0.4 is 0 Å². The number of halogens is 4. The molecule has 6 heteroatoms. The summed E-state index contributed by atoms with van der Waals surface area (Å²) in [6.07, 6.45) is 0.198. The minimum Gasteiger partial charge on any atom is -0.250 e. The molecular formula is C13H6Cl4N2. The molecule has 0 radical (unpaired) electrons. The SMILES string of the molecule is N#CCc1ccc(Cl)c(-c2ccc(Cl)c(Cl)c2Cl)n1. The Kier molecular flexibility index (Phi) is 4.54. The van der Waals surface area contributed by atoms with Crippen molar-refractivity contribution in [2.24, 2.45) is 0 Å². The summed E-state index contributed by atoms with van der Waals surface area (Å²) in [5.74, 6) is 0. The highest BCUT2D eigenvalue weighted by atomic mass is 35.5. The van der Waals surface area contributed by atoms with Gasteiger partial charge in [0.25, 0.3) is 0 Å². The summed E-state index contributed by atoms with van der Waals surface area (Å²) in [5.41, 5.74) is 1.68. The summed E-state index contributed by atoms with van der Waals surface area (Å²) in [4.78, 5) is 4.32. The van der Waals surface area contributed by atoms with Crippen LogP contribution in [0.1, 0.15) is 5.69 Å². The zero-order chi connectivity index (χ0) is 14.0. The molecule has 0 aliphatic rings. The third-order valence-electron chi connectivity index (χ3n) is 2.45. The smallest absolute Gasteiger partial charge is 0.0907 e. The van der Waals surface area contributed by atoms with Crippen molar-refractivity contribution in [1.82, 2.24) is 4.98 Å². The molecule has 0 amide bonds. The fourth-order valence-corrected chi connectivity index (χ4v) is 2.39. The average molecular weight is 332 g/mol. The van der Waals surface area contributed by atoms with Crippen LogP contribution in [-0.4, -0.2) is 4.98 Å². The molecule has 0 saturated heterocycles. The van der Waals surface area contributed by atoms with Gasteiger partial charge in [-0.3, -0.25) is 4.98 Å². The van der Waals surface area contributed by atoms with Gasteiger partial charge >= 0.3 is 0 Å². The Hall–Kier alpha value is -0.980. The maximum absolute atomic E-state index is 8.70. The van der Waals surface area contributed by atoms with E-state index in [-0.39, 0.29) is 16.5 Å². The van der Waals surface area contributed by atoms with Crippen LogP contribution in [0.25, 0.3) is 11.3 Å². The molecular weight excluding hydrogens is 326 g/mol. The Morgan fingerprint density at radius 3 is 2.32 bits per heavy atom. The lowest BCUT2D eigenvalue weighted by Gasteiger charge is -2.09. The second kappa shape index (κ2) is 5.98. The Morgan fingerprint density at radius 2 is 1.63 bits per heavy atom. The number of rotatable bonds is 2. The third-order valence-corrected chi connectivity index (χ3v) is 4.05. The lowest BCUT2D eigenvalue weighted by molar-refractivity contribution is 1.12. The quantitative estimate of drug-likeness (QED) is 0.688. The molecule has 2 aromatic rings. The van der Waals surface area contributed by atoms with Crippen LogP contribution in [0.15, 0.2) is 24.3 Å². The lowest BCUT2D eigenvalue weighted by Crippen LogP contribution is -1.93. The number of aromatic nitrogens is 1. The van der Waals surface area contributed by atoms with Crippen molar-refractivity contribution in [3.8, 4) is 17.3 Å². The Balaban J connectivity index is 2.62. The normalized spacial score (nSPS) is 10.3. The maximum atomic E-state index is 8.70. The lowest BCUT2D eigenvalue weighted by atomic mass is 10.1. The van der Waals surface area contributed by atoms with Crippen molar-refractivity contribution < 1.29 is 0 Å². The summed E-state index contributed by atoms with van der Waals surface area (Å²) in [5, 5.41) is 10.0. The van der Waals surface area contributed by atoms with Crippen LogP contribution >= 0.6 is 46.4 Å². The summed E-state index contributed by atoms with van der Waals surface area (Å²) < 4.78 is 0. The van der Waals surface area contributed by atoms with E-state index in [1.165, 1.54) is 0 Å². The molecule has 0 spiro atoms.